The molecule has 0 bridgehead atoms. The predicted octanol–water partition coefficient (Wildman–Crippen LogP) is -0.741. The number of hydrogen-bond acceptors (Lipinski definition) is 5. The Morgan fingerprint density at radius 1 is 1.42 bits per heavy atom. The van der Waals surface area contributed by atoms with Crippen molar-refractivity contribution in [2.75, 3.05) is 6.54 Å². The largest absolute Gasteiger partial charge is 0.481 e. The average molecular weight is 273 g/mol. The first kappa shape index (κ1) is 15.9. The first-order valence-electron chi connectivity index (χ1n) is 6.33. The van der Waals surface area contributed by atoms with Gasteiger partial charge in [-0.2, -0.15) is 0 Å². The Kier molecular flexibility index (Phi) is 5.33. The van der Waals surface area contributed by atoms with Crippen LogP contribution in [0.2, 0.25) is 13.1 Å². The van der Waals surface area contributed by atoms with Gasteiger partial charge in [-0.1, -0.05) is 13.2 Å². The first-order valence-corrected chi connectivity index (χ1v) is 6.33. The van der Waals surface area contributed by atoms with Gasteiger partial charge in [-0.05, 0) is 12.7 Å². The van der Waals surface area contributed by atoms with Gasteiger partial charge in [0.2, 0.25) is 0 Å². The number of β-amino-alcohol motifs (C(OH)–C–C–N with tert-alkyl or cyclic N) is 1. The van der Waals surface area contributed by atoms with Crippen LogP contribution in [0.25, 0.3) is 0 Å². The van der Waals surface area contributed by atoms with Crippen LogP contribution in [0, 0.1) is 5.41 Å². The van der Waals surface area contributed by atoms with E-state index < -0.39 is 42.8 Å². The van der Waals surface area contributed by atoms with Crippen LogP contribution in [0.15, 0.2) is 0 Å². The maximum atomic E-state index is 11.2. The average Bonchev–Trinajstić information content (AvgIpc) is 2.55. The molecule has 0 spiro atoms. The molecule has 5 N–H and O–H groups in total. The van der Waals surface area contributed by atoms with Crippen LogP contribution in [0.4, 0.5) is 0 Å². The number of carboxylic acid groups (broad SMARTS) is 2. The molecular weight excluding hydrogens is 253 g/mol. The molecule has 1 heterocycles. The molecule has 3 unspecified atom stereocenters. The van der Waals surface area contributed by atoms with Gasteiger partial charge in [-0.3, -0.25) is 9.59 Å². The van der Waals surface area contributed by atoms with Crippen molar-refractivity contribution in [3.8, 4) is 0 Å². The molecule has 19 heavy (non-hydrogen) atoms. The lowest BCUT2D eigenvalue weighted by atomic mass is 9.64. The molecular formula is C11H20BNO6. The fourth-order valence-electron chi connectivity index (χ4n) is 2.79. The van der Waals surface area contributed by atoms with Gasteiger partial charge in [0.25, 0.3) is 6.92 Å². The summed E-state index contributed by atoms with van der Waals surface area (Å²) in [5.41, 5.74) is -1.22. The Hall–Kier alpha value is -1.12. The molecule has 7 nitrogen and oxygen atoms in total. The highest BCUT2D eigenvalue weighted by atomic mass is 16.4. The second-order valence-corrected chi connectivity index (χ2v) is 5.24. The van der Waals surface area contributed by atoms with Crippen LogP contribution in [0.5, 0.6) is 0 Å². The molecule has 1 aliphatic heterocycles. The zero-order chi connectivity index (χ0) is 14.6. The monoisotopic (exact) mass is 273 g/mol. The molecule has 0 amide bonds. The van der Waals surface area contributed by atoms with Crippen LogP contribution in [-0.2, 0) is 9.59 Å². The zero-order valence-electron chi connectivity index (χ0n) is 10.9. The van der Waals surface area contributed by atoms with Crippen molar-refractivity contribution in [2.24, 2.45) is 5.41 Å². The molecule has 0 aromatic carbocycles. The molecule has 0 aliphatic carbocycles. The third-order valence-electron chi connectivity index (χ3n) is 3.75. The normalized spacial score (nSPS) is 30.3. The van der Waals surface area contributed by atoms with Crippen molar-refractivity contribution < 1.29 is 29.9 Å². The van der Waals surface area contributed by atoms with Gasteiger partial charge >= 0.3 is 11.9 Å². The minimum absolute atomic E-state index is 0.0684. The lowest BCUT2D eigenvalue weighted by Crippen LogP contribution is -2.48. The highest BCUT2D eigenvalue weighted by Gasteiger charge is 2.53. The van der Waals surface area contributed by atoms with Gasteiger partial charge in [0, 0.05) is 12.0 Å². The summed E-state index contributed by atoms with van der Waals surface area (Å²) in [5.74, 6) is -2.29. The van der Waals surface area contributed by atoms with E-state index in [4.69, 9.17) is 5.11 Å². The molecule has 1 saturated heterocycles. The van der Waals surface area contributed by atoms with E-state index in [9.17, 15) is 24.8 Å². The highest BCUT2D eigenvalue weighted by Crippen LogP contribution is 2.40. The number of carboxylic acids is 2. The third-order valence-corrected chi connectivity index (χ3v) is 3.75. The van der Waals surface area contributed by atoms with Crippen molar-refractivity contribution in [1.29, 1.82) is 0 Å². The van der Waals surface area contributed by atoms with Gasteiger partial charge in [-0.25, -0.2) is 0 Å². The summed E-state index contributed by atoms with van der Waals surface area (Å²) < 4.78 is 0. The van der Waals surface area contributed by atoms with Crippen LogP contribution in [-0.4, -0.2) is 57.9 Å². The summed E-state index contributed by atoms with van der Waals surface area (Å²) in [6.45, 7) is 1.15. The molecule has 108 valence electrons. The minimum atomic E-state index is -1.22. The minimum Gasteiger partial charge on any atom is -0.481 e. The van der Waals surface area contributed by atoms with E-state index in [0.29, 0.717) is 12.7 Å². The number of aliphatic hydroxyl groups excluding tert-OH is 1. The maximum Gasteiger partial charge on any atom is 0.321 e. The van der Waals surface area contributed by atoms with Gasteiger partial charge < -0.3 is 25.7 Å². The topological polar surface area (TPSA) is 127 Å². The standard InChI is InChI=1S/C11H20BNO6/c1-12(19)4-2-3-11(5-8(15)16)7(14)6-13-9(11)10(17)18/h7,9,13-14,19H,2-6H2,1H3,(H,15,16)(H,17,18). The summed E-state index contributed by atoms with van der Waals surface area (Å²) in [6, 6.07) is -1.08. The van der Waals surface area contributed by atoms with Crippen LogP contribution in [0.3, 0.4) is 0 Å². The van der Waals surface area contributed by atoms with Gasteiger partial charge in [0.05, 0.1) is 12.5 Å². The van der Waals surface area contributed by atoms with E-state index >= 15 is 0 Å². The second-order valence-electron chi connectivity index (χ2n) is 5.24. The summed E-state index contributed by atoms with van der Waals surface area (Å²) in [4.78, 5) is 22.2. The predicted molar refractivity (Wildman–Crippen MR) is 68.0 cm³/mol. The Morgan fingerprint density at radius 3 is 2.53 bits per heavy atom. The summed E-state index contributed by atoms with van der Waals surface area (Å²) in [5, 5.41) is 40.1. The fraction of sp³-hybridized carbons (Fsp3) is 0.818. The highest BCUT2D eigenvalue weighted by molar-refractivity contribution is 6.48. The second kappa shape index (κ2) is 6.36. The van der Waals surface area contributed by atoms with Crippen LogP contribution >= 0.6 is 0 Å². The first-order chi connectivity index (χ1) is 8.79. The molecule has 0 aromatic rings. The van der Waals surface area contributed by atoms with Crippen LogP contribution in [0.1, 0.15) is 19.3 Å². The Labute approximate surface area is 111 Å². The SMILES string of the molecule is CB(O)CCCC1(CC(=O)O)C(O)CNC1C(=O)O. The molecule has 1 rings (SSSR count). The number of aliphatic carboxylic acids is 2. The molecule has 1 aliphatic rings. The molecule has 3 atom stereocenters. The lowest BCUT2D eigenvalue weighted by molar-refractivity contribution is -0.148. The Balaban J connectivity index is 2.88. The van der Waals surface area contributed by atoms with E-state index in [2.05, 4.69) is 5.32 Å². The van der Waals surface area contributed by atoms with Crippen LogP contribution < -0.4 is 5.32 Å². The van der Waals surface area contributed by atoms with Crippen molar-refractivity contribution in [1.82, 2.24) is 5.32 Å². The van der Waals surface area contributed by atoms with E-state index in [-0.39, 0.29) is 13.0 Å². The van der Waals surface area contributed by atoms with Crippen molar-refractivity contribution in [3.63, 3.8) is 0 Å². The van der Waals surface area contributed by atoms with E-state index in [1.165, 1.54) is 0 Å². The van der Waals surface area contributed by atoms with Gasteiger partial charge in [-0.15, -0.1) is 0 Å². The number of hydrogen-bond donors (Lipinski definition) is 5. The zero-order valence-corrected chi connectivity index (χ0v) is 10.9. The Bertz CT molecular complexity index is 350. The maximum absolute atomic E-state index is 11.2. The molecule has 0 aromatic heterocycles. The van der Waals surface area contributed by atoms with E-state index in [0.717, 1.165) is 0 Å². The summed E-state index contributed by atoms with van der Waals surface area (Å²) in [7, 11) is 0. The number of carbonyl (C=O) groups is 2. The molecule has 0 radical (unpaired) electrons. The fourth-order valence-corrected chi connectivity index (χ4v) is 2.79. The smallest absolute Gasteiger partial charge is 0.321 e. The van der Waals surface area contributed by atoms with Crippen molar-refractivity contribution in [2.45, 2.75) is 44.6 Å². The van der Waals surface area contributed by atoms with Gasteiger partial charge in [0.15, 0.2) is 0 Å². The summed E-state index contributed by atoms with van der Waals surface area (Å²) in [6.07, 6.45) is -0.264. The van der Waals surface area contributed by atoms with E-state index in [1.807, 2.05) is 0 Å². The number of rotatable bonds is 7. The lowest BCUT2D eigenvalue weighted by Gasteiger charge is -2.34. The summed E-state index contributed by atoms with van der Waals surface area (Å²) >= 11 is 0. The van der Waals surface area contributed by atoms with Crippen molar-refractivity contribution in [3.05, 3.63) is 0 Å². The molecule has 8 heteroatoms. The van der Waals surface area contributed by atoms with E-state index in [1.54, 1.807) is 6.82 Å². The number of nitrogens with one attached hydrogen (secondary N) is 1. The molecule has 0 saturated carbocycles. The Morgan fingerprint density at radius 2 is 2.05 bits per heavy atom. The number of aliphatic hydroxyl groups is 1. The van der Waals surface area contributed by atoms with Crippen molar-refractivity contribution >= 4 is 18.9 Å². The molecule has 1 fully saturated rings. The van der Waals surface area contributed by atoms with Gasteiger partial charge in [0.1, 0.15) is 6.04 Å². The quantitative estimate of drug-likeness (QED) is 0.386. The third kappa shape index (κ3) is 3.68.